The predicted molar refractivity (Wildman–Crippen MR) is 96.2 cm³/mol. The molecule has 0 aliphatic heterocycles. The number of hydrogen-bond donors (Lipinski definition) is 1. The van der Waals surface area contributed by atoms with Crippen molar-refractivity contribution in [3.05, 3.63) is 70.4 Å². The fourth-order valence-electron chi connectivity index (χ4n) is 2.26. The van der Waals surface area contributed by atoms with E-state index in [1.807, 2.05) is 6.07 Å². The molecule has 7 nitrogen and oxygen atoms in total. The molecule has 0 aliphatic carbocycles. The molecule has 9 heteroatoms. The Hall–Kier alpha value is -3.46. The highest BCUT2D eigenvalue weighted by Crippen LogP contribution is 2.23. The molecule has 4 aromatic rings. The van der Waals surface area contributed by atoms with Gasteiger partial charge in [0.2, 0.25) is 5.82 Å². The summed E-state index contributed by atoms with van der Waals surface area (Å²) >= 11 is 1.17. The first kappa shape index (κ1) is 17.0. The summed E-state index contributed by atoms with van der Waals surface area (Å²) in [4.78, 5) is 24.9. The van der Waals surface area contributed by atoms with Crippen LogP contribution in [0.2, 0.25) is 0 Å². The van der Waals surface area contributed by atoms with E-state index in [0.717, 1.165) is 5.56 Å². The maximum absolute atomic E-state index is 12.9. The number of nitrogens with one attached hydrogen (secondary N) is 1. The average molecular weight is 381 g/mol. The molecule has 1 amide bonds. The maximum Gasteiger partial charge on any atom is 0.280 e. The lowest BCUT2D eigenvalue weighted by Gasteiger charge is -2.02. The third kappa shape index (κ3) is 3.87. The Labute approximate surface area is 156 Å². The topological polar surface area (TPSA) is 93.8 Å². The number of rotatable bonds is 5. The molecule has 0 fully saturated rings. The summed E-state index contributed by atoms with van der Waals surface area (Å²) in [6.07, 6.45) is 1.64. The zero-order chi connectivity index (χ0) is 18.6. The van der Waals surface area contributed by atoms with Crippen molar-refractivity contribution < 1.29 is 13.7 Å². The minimum Gasteiger partial charge on any atom is -0.346 e. The lowest BCUT2D eigenvalue weighted by molar-refractivity contribution is 0.0950. The molecule has 0 radical (unpaired) electrons. The van der Waals surface area contributed by atoms with Gasteiger partial charge in [0, 0.05) is 18.1 Å². The van der Waals surface area contributed by atoms with Crippen molar-refractivity contribution in [3.63, 3.8) is 0 Å². The first-order valence-electron chi connectivity index (χ1n) is 7.93. The summed E-state index contributed by atoms with van der Waals surface area (Å²) in [5.74, 6) is -0.0929. The van der Waals surface area contributed by atoms with E-state index in [0.29, 0.717) is 17.2 Å². The number of hydrogen-bond acceptors (Lipinski definition) is 7. The van der Waals surface area contributed by atoms with Crippen LogP contribution in [0.5, 0.6) is 0 Å². The van der Waals surface area contributed by atoms with Crippen LogP contribution in [0.4, 0.5) is 4.39 Å². The number of benzene rings is 1. The summed E-state index contributed by atoms with van der Waals surface area (Å²) in [5, 5.41) is 8.56. The largest absolute Gasteiger partial charge is 0.346 e. The Balaban J connectivity index is 1.44. The molecule has 0 spiro atoms. The predicted octanol–water partition coefficient (Wildman–Crippen LogP) is 3.32. The minimum atomic E-state index is -0.333. The first-order valence-corrected chi connectivity index (χ1v) is 8.80. The summed E-state index contributed by atoms with van der Waals surface area (Å²) in [6, 6.07) is 11.3. The number of pyridine rings is 1. The van der Waals surface area contributed by atoms with Crippen molar-refractivity contribution in [1.82, 2.24) is 25.4 Å². The van der Waals surface area contributed by atoms with Gasteiger partial charge < -0.3 is 9.84 Å². The second-order valence-corrected chi connectivity index (χ2v) is 6.34. The van der Waals surface area contributed by atoms with Gasteiger partial charge in [0.25, 0.3) is 11.8 Å². The first-order chi connectivity index (χ1) is 13.2. The third-order valence-electron chi connectivity index (χ3n) is 3.60. The number of thiazole rings is 1. The van der Waals surface area contributed by atoms with Crippen LogP contribution in [0.15, 0.2) is 58.6 Å². The molecule has 1 aromatic carbocycles. The van der Waals surface area contributed by atoms with Gasteiger partial charge in [0.15, 0.2) is 5.01 Å². The molecule has 0 aliphatic rings. The molecule has 3 aromatic heterocycles. The van der Waals surface area contributed by atoms with Gasteiger partial charge in [-0.1, -0.05) is 23.4 Å². The van der Waals surface area contributed by atoms with E-state index in [2.05, 4.69) is 25.4 Å². The van der Waals surface area contributed by atoms with Gasteiger partial charge in [-0.15, -0.1) is 11.3 Å². The van der Waals surface area contributed by atoms with E-state index in [-0.39, 0.29) is 29.2 Å². The van der Waals surface area contributed by atoms with Gasteiger partial charge in [-0.25, -0.2) is 9.37 Å². The number of carbonyl (C=O) groups is 1. The smallest absolute Gasteiger partial charge is 0.280 e. The fraction of sp³-hybridized carbons (Fsp3) is 0.0556. The number of carbonyl (C=O) groups excluding carboxylic acids is 1. The molecule has 3 heterocycles. The van der Waals surface area contributed by atoms with Crippen LogP contribution >= 0.6 is 11.3 Å². The maximum atomic E-state index is 12.9. The molecular formula is C18H12FN5O2S. The van der Waals surface area contributed by atoms with Gasteiger partial charge >= 0.3 is 0 Å². The van der Waals surface area contributed by atoms with Gasteiger partial charge in [0.1, 0.15) is 17.2 Å². The number of nitrogens with zero attached hydrogens (tertiary/aromatic N) is 4. The lowest BCUT2D eigenvalue weighted by Crippen LogP contribution is -2.22. The molecule has 0 atom stereocenters. The molecule has 0 bridgehead atoms. The van der Waals surface area contributed by atoms with Crippen LogP contribution in [0.25, 0.3) is 23.1 Å². The van der Waals surface area contributed by atoms with Gasteiger partial charge in [-0.2, -0.15) is 4.98 Å². The molecule has 1 N–H and O–H groups in total. The zero-order valence-corrected chi connectivity index (χ0v) is 14.6. The lowest BCUT2D eigenvalue weighted by atomic mass is 10.2. The fourth-order valence-corrected chi connectivity index (χ4v) is 2.97. The van der Waals surface area contributed by atoms with Crippen molar-refractivity contribution in [3.8, 4) is 23.1 Å². The second kappa shape index (κ2) is 7.42. The summed E-state index contributed by atoms with van der Waals surface area (Å²) in [7, 11) is 0. The molecule has 0 saturated carbocycles. The van der Waals surface area contributed by atoms with Crippen LogP contribution in [-0.4, -0.2) is 26.0 Å². The van der Waals surface area contributed by atoms with E-state index in [9.17, 15) is 9.18 Å². The number of halogens is 1. The standard InChI is InChI=1S/C18H12FN5O2S/c19-12-6-4-11(5-7-12)9-21-16(25)18-22-14(10-27-18)17-23-15(24-26-17)13-3-1-2-8-20-13/h1-8,10H,9H2,(H,21,25). The average Bonchev–Trinajstić information content (AvgIpc) is 3.37. The Morgan fingerprint density at radius 2 is 1.96 bits per heavy atom. The molecule has 27 heavy (non-hydrogen) atoms. The highest BCUT2D eigenvalue weighted by atomic mass is 32.1. The zero-order valence-electron chi connectivity index (χ0n) is 13.8. The van der Waals surface area contributed by atoms with Gasteiger partial charge in [-0.3, -0.25) is 9.78 Å². The molecule has 134 valence electrons. The van der Waals surface area contributed by atoms with Crippen LogP contribution in [0.1, 0.15) is 15.4 Å². The normalized spacial score (nSPS) is 10.7. The Kier molecular flexibility index (Phi) is 4.67. The van der Waals surface area contributed by atoms with Crippen LogP contribution in [0.3, 0.4) is 0 Å². The summed E-state index contributed by atoms with van der Waals surface area (Å²) < 4.78 is 18.1. The van der Waals surface area contributed by atoms with Crippen LogP contribution in [-0.2, 0) is 6.54 Å². The molecule has 0 unspecified atom stereocenters. The van der Waals surface area contributed by atoms with E-state index in [1.165, 1.54) is 23.5 Å². The minimum absolute atomic E-state index is 0.212. The SMILES string of the molecule is O=C(NCc1ccc(F)cc1)c1nc(-c2nc(-c3ccccn3)no2)cs1. The van der Waals surface area contributed by atoms with Crippen molar-refractivity contribution in [2.24, 2.45) is 0 Å². The van der Waals surface area contributed by atoms with Crippen LogP contribution in [0, 0.1) is 5.82 Å². The number of aromatic nitrogens is 4. The summed E-state index contributed by atoms with van der Waals surface area (Å²) in [5.41, 5.74) is 1.79. The Morgan fingerprint density at radius 3 is 2.74 bits per heavy atom. The Morgan fingerprint density at radius 1 is 1.11 bits per heavy atom. The van der Waals surface area contributed by atoms with E-state index in [4.69, 9.17) is 4.52 Å². The molecule has 4 rings (SSSR count). The summed E-state index contributed by atoms with van der Waals surface area (Å²) in [6.45, 7) is 0.276. The van der Waals surface area contributed by atoms with Crippen molar-refractivity contribution in [2.75, 3.05) is 0 Å². The van der Waals surface area contributed by atoms with Crippen LogP contribution < -0.4 is 5.32 Å². The van der Waals surface area contributed by atoms with Crippen molar-refractivity contribution in [2.45, 2.75) is 6.54 Å². The monoisotopic (exact) mass is 381 g/mol. The number of amides is 1. The van der Waals surface area contributed by atoms with Crippen molar-refractivity contribution >= 4 is 17.2 Å². The third-order valence-corrected chi connectivity index (χ3v) is 4.44. The quantitative estimate of drug-likeness (QED) is 0.570. The Bertz CT molecular complexity index is 1060. The van der Waals surface area contributed by atoms with Crippen molar-refractivity contribution in [1.29, 1.82) is 0 Å². The van der Waals surface area contributed by atoms with Gasteiger partial charge in [0.05, 0.1) is 0 Å². The highest BCUT2D eigenvalue weighted by Gasteiger charge is 2.17. The second-order valence-electron chi connectivity index (χ2n) is 5.49. The van der Waals surface area contributed by atoms with E-state index >= 15 is 0 Å². The van der Waals surface area contributed by atoms with Gasteiger partial charge in [-0.05, 0) is 29.8 Å². The highest BCUT2D eigenvalue weighted by molar-refractivity contribution is 7.12. The van der Waals surface area contributed by atoms with E-state index in [1.54, 1.807) is 35.8 Å². The molecule has 0 saturated heterocycles. The van der Waals surface area contributed by atoms with E-state index < -0.39 is 0 Å². The molecular weight excluding hydrogens is 369 g/mol.